The maximum atomic E-state index is 11.3. The Balaban J connectivity index is 2.39. The summed E-state index contributed by atoms with van der Waals surface area (Å²) in [4.78, 5) is 15.9. The predicted molar refractivity (Wildman–Crippen MR) is 63.9 cm³/mol. The fourth-order valence-corrected chi connectivity index (χ4v) is 2.38. The van der Waals surface area contributed by atoms with Gasteiger partial charge < -0.3 is 4.74 Å². The van der Waals surface area contributed by atoms with Gasteiger partial charge in [-0.15, -0.1) is 11.3 Å². The molecule has 0 atom stereocenters. The number of benzene rings is 1. The Morgan fingerprint density at radius 2 is 2.19 bits per heavy atom. The molecule has 0 radical (unpaired) electrons. The summed E-state index contributed by atoms with van der Waals surface area (Å²) >= 11 is 7.29. The lowest BCUT2D eigenvalue weighted by Crippen LogP contribution is -1.96. The molecule has 0 bridgehead atoms. The van der Waals surface area contributed by atoms with Crippen molar-refractivity contribution in [3.05, 3.63) is 40.4 Å². The summed E-state index contributed by atoms with van der Waals surface area (Å²) in [5.41, 5.74) is 0.823. The summed E-state index contributed by atoms with van der Waals surface area (Å²) in [6, 6.07) is 7.37. The van der Waals surface area contributed by atoms with E-state index in [2.05, 4.69) is 9.72 Å². The van der Waals surface area contributed by atoms with Crippen LogP contribution in [0.15, 0.2) is 30.5 Å². The van der Waals surface area contributed by atoms with Gasteiger partial charge in [0.1, 0.15) is 9.88 Å². The molecule has 82 valence electrons. The van der Waals surface area contributed by atoms with Crippen LogP contribution in [0.5, 0.6) is 0 Å². The average molecular weight is 254 g/mol. The van der Waals surface area contributed by atoms with Crippen LogP contribution in [0, 0.1) is 0 Å². The molecular weight excluding hydrogens is 246 g/mol. The van der Waals surface area contributed by atoms with Crippen LogP contribution in [-0.2, 0) is 4.74 Å². The van der Waals surface area contributed by atoms with Gasteiger partial charge in [-0.3, -0.25) is 0 Å². The lowest BCUT2D eigenvalue weighted by atomic mass is 10.2. The fourth-order valence-electron chi connectivity index (χ4n) is 1.23. The van der Waals surface area contributed by atoms with Gasteiger partial charge >= 0.3 is 5.97 Å². The first-order valence-corrected chi connectivity index (χ1v) is 5.71. The van der Waals surface area contributed by atoms with Gasteiger partial charge in [0.25, 0.3) is 0 Å². The van der Waals surface area contributed by atoms with Crippen LogP contribution in [-0.4, -0.2) is 18.1 Å². The average Bonchev–Trinajstić information content (AvgIpc) is 2.78. The Morgan fingerprint density at radius 3 is 2.88 bits per heavy atom. The lowest BCUT2D eigenvalue weighted by molar-refractivity contribution is 0.0606. The molecule has 2 aromatic rings. The van der Waals surface area contributed by atoms with Crippen molar-refractivity contribution in [2.45, 2.75) is 0 Å². The molecule has 0 N–H and O–H groups in total. The number of rotatable bonds is 2. The minimum Gasteiger partial charge on any atom is -0.465 e. The zero-order chi connectivity index (χ0) is 11.5. The molecule has 0 fully saturated rings. The van der Waals surface area contributed by atoms with E-state index in [0.717, 1.165) is 5.56 Å². The molecular formula is C11H8ClNO2S. The molecule has 16 heavy (non-hydrogen) atoms. The number of aromatic nitrogens is 1. The summed E-state index contributed by atoms with van der Waals surface area (Å²) in [5.74, 6) is -0.379. The highest BCUT2D eigenvalue weighted by Crippen LogP contribution is 2.30. The van der Waals surface area contributed by atoms with Crippen molar-refractivity contribution in [3.63, 3.8) is 0 Å². The predicted octanol–water partition coefficient (Wildman–Crippen LogP) is 3.25. The minimum atomic E-state index is -0.379. The Bertz CT molecular complexity index is 524. The molecule has 0 aliphatic carbocycles. The Labute approximate surface area is 102 Å². The van der Waals surface area contributed by atoms with Gasteiger partial charge in [-0.2, -0.15) is 0 Å². The van der Waals surface area contributed by atoms with Gasteiger partial charge in [0, 0.05) is 5.56 Å². The van der Waals surface area contributed by atoms with Crippen molar-refractivity contribution in [2.24, 2.45) is 0 Å². The van der Waals surface area contributed by atoms with Crippen LogP contribution in [0.3, 0.4) is 0 Å². The first kappa shape index (κ1) is 11.1. The van der Waals surface area contributed by atoms with Crippen molar-refractivity contribution >= 4 is 28.9 Å². The summed E-state index contributed by atoms with van der Waals surface area (Å²) in [6.07, 6.45) is 1.50. The third kappa shape index (κ3) is 2.08. The number of thiazole rings is 1. The molecule has 1 heterocycles. The second-order valence-corrected chi connectivity index (χ2v) is 4.44. The zero-order valence-electron chi connectivity index (χ0n) is 8.44. The second-order valence-electron chi connectivity index (χ2n) is 3.00. The normalized spacial score (nSPS) is 10.1. The first-order valence-electron chi connectivity index (χ1n) is 4.51. The minimum absolute atomic E-state index is 0.379. The van der Waals surface area contributed by atoms with E-state index in [1.54, 1.807) is 6.07 Å². The third-order valence-corrected chi connectivity index (χ3v) is 3.34. The van der Waals surface area contributed by atoms with E-state index in [1.807, 2.05) is 18.2 Å². The smallest absolute Gasteiger partial charge is 0.349 e. The van der Waals surface area contributed by atoms with E-state index in [-0.39, 0.29) is 5.97 Å². The number of hydrogen-bond donors (Lipinski definition) is 0. The monoisotopic (exact) mass is 253 g/mol. The molecule has 0 aliphatic rings. The van der Waals surface area contributed by atoms with E-state index in [1.165, 1.54) is 24.6 Å². The topological polar surface area (TPSA) is 39.2 Å². The van der Waals surface area contributed by atoms with Crippen molar-refractivity contribution in [3.8, 4) is 10.6 Å². The maximum absolute atomic E-state index is 11.3. The molecule has 5 heteroatoms. The number of esters is 1. The van der Waals surface area contributed by atoms with Gasteiger partial charge in [-0.25, -0.2) is 9.78 Å². The fraction of sp³-hybridized carbons (Fsp3) is 0.0909. The number of carbonyl (C=O) groups excluding carboxylic acids is 1. The first-order chi connectivity index (χ1) is 7.72. The highest BCUT2D eigenvalue weighted by Gasteiger charge is 2.12. The van der Waals surface area contributed by atoms with Crippen molar-refractivity contribution in [1.82, 2.24) is 4.98 Å². The van der Waals surface area contributed by atoms with Crippen LogP contribution >= 0.6 is 22.9 Å². The van der Waals surface area contributed by atoms with E-state index in [9.17, 15) is 4.79 Å². The molecule has 0 aliphatic heterocycles. The molecule has 0 saturated carbocycles. The molecule has 0 spiro atoms. The van der Waals surface area contributed by atoms with Crippen LogP contribution in [0.25, 0.3) is 10.6 Å². The standard InChI is InChI=1S/C11H8ClNO2S/c1-15-11(14)9-6-13-10(16-9)7-4-2-3-5-8(7)12/h2-6H,1H3. The molecule has 2 rings (SSSR count). The van der Waals surface area contributed by atoms with Gasteiger partial charge in [-0.1, -0.05) is 29.8 Å². The van der Waals surface area contributed by atoms with Gasteiger partial charge in [0.05, 0.1) is 18.3 Å². The summed E-state index contributed by atoms with van der Waals surface area (Å²) in [5, 5.41) is 1.33. The Hall–Kier alpha value is -1.39. The molecule has 3 nitrogen and oxygen atoms in total. The molecule has 0 saturated heterocycles. The lowest BCUT2D eigenvalue weighted by Gasteiger charge is -1.97. The number of carbonyl (C=O) groups is 1. The molecule has 1 aromatic carbocycles. The molecule has 1 aromatic heterocycles. The number of hydrogen-bond acceptors (Lipinski definition) is 4. The highest BCUT2D eigenvalue weighted by atomic mass is 35.5. The summed E-state index contributed by atoms with van der Waals surface area (Å²) < 4.78 is 4.61. The van der Waals surface area contributed by atoms with E-state index in [4.69, 9.17) is 11.6 Å². The number of nitrogens with zero attached hydrogens (tertiary/aromatic N) is 1. The van der Waals surface area contributed by atoms with E-state index < -0.39 is 0 Å². The Kier molecular flexibility index (Phi) is 3.22. The van der Waals surface area contributed by atoms with Gasteiger partial charge in [0.15, 0.2) is 0 Å². The van der Waals surface area contributed by atoms with Gasteiger partial charge in [-0.05, 0) is 6.07 Å². The maximum Gasteiger partial charge on any atom is 0.349 e. The summed E-state index contributed by atoms with van der Waals surface area (Å²) in [7, 11) is 1.34. The number of ether oxygens (including phenoxy) is 1. The molecule has 0 unspecified atom stereocenters. The number of methoxy groups -OCH3 is 1. The van der Waals surface area contributed by atoms with E-state index in [0.29, 0.717) is 14.9 Å². The quantitative estimate of drug-likeness (QED) is 0.772. The summed E-state index contributed by atoms with van der Waals surface area (Å²) in [6.45, 7) is 0. The second kappa shape index (κ2) is 4.63. The molecule has 0 amide bonds. The van der Waals surface area contributed by atoms with Crippen LogP contribution in [0.1, 0.15) is 9.67 Å². The Morgan fingerprint density at radius 1 is 1.44 bits per heavy atom. The van der Waals surface area contributed by atoms with E-state index >= 15 is 0 Å². The zero-order valence-corrected chi connectivity index (χ0v) is 10.0. The van der Waals surface area contributed by atoms with Crippen molar-refractivity contribution in [1.29, 1.82) is 0 Å². The highest BCUT2D eigenvalue weighted by molar-refractivity contribution is 7.16. The van der Waals surface area contributed by atoms with Crippen LogP contribution < -0.4 is 0 Å². The van der Waals surface area contributed by atoms with Gasteiger partial charge in [0.2, 0.25) is 0 Å². The largest absolute Gasteiger partial charge is 0.465 e. The third-order valence-electron chi connectivity index (χ3n) is 2.00. The van der Waals surface area contributed by atoms with Crippen molar-refractivity contribution in [2.75, 3.05) is 7.11 Å². The van der Waals surface area contributed by atoms with Crippen LogP contribution in [0.4, 0.5) is 0 Å². The number of halogens is 1. The van der Waals surface area contributed by atoms with Crippen molar-refractivity contribution < 1.29 is 9.53 Å². The van der Waals surface area contributed by atoms with Crippen LogP contribution in [0.2, 0.25) is 5.02 Å². The SMILES string of the molecule is COC(=O)c1cnc(-c2ccccc2Cl)s1.